The number of rotatable bonds is 4. The van der Waals surface area contributed by atoms with Gasteiger partial charge in [0.2, 0.25) is 11.5 Å². The van der Waals surface area contributed by atoms with Crippen molar-refractivity contribution in [1.29, 1.82) is 0 Å². The Bertz CT molecular complexity index is 1040. The maximum absolute atomic E-state index is 13.4. The molecular weight excluding hydrogens is 413 g/mol. The molecule has 3 amide bonds. The molecule has 7 nitrogen and oxygen atoms in total. The van der Waals surface area contributed by atoms with E-state index in [1.165, 1.54) is 17.0 Å². The number of benzene rings is 2. The van der Waals surface area contributed by atoms with Gasteiger partial charge in [0.05, 0.1) is 0 Å². The molecule has 1 atom stereocenters. The van der Waals surface area contributed by atoms with Crippen LogP contribution in [0.1, 0.15) is 24.0 Å². The van der Waals surface area contributed by atoms with Crippen molar-refractivity contribution in [3.8, 4) is 0 Å². The number of carbonyl (C=O) groups excluding carboxylic acids is 3. The minimum atomic E-state index is -2.21. The third-order valence-electron chi connectivity index (χ3n) is 5.34. The fourth-order valence-electron chi connectivity index (χ4n) is 3.74. The SMILES string of the molecule is O=C1CCc2cc(N3CC[C@](O)(C(=O)NCc4cc(F)cc(Cl)c4)C3=O)ccc2N1. The number of carbonyl (C=O) groups is 3. The first-order valence-corrected chi connectivity index (χ1v) is 9.84. The summed E-state index contributed by atoms with van der Waals surface area (Å²) in [7, 11) is 0. The number of anilines is 2. The van der Waals surface area contributed by atoms with Crippen LogP contribution in [-0.2, 0) is 27.3 Å². The highest BCUT2D eigenvalue weighted by Gasteiger charge is 2.51. The molecule has 2 aromatic rings. The average molecular weight is 432 g/mol. The van der Waals surface area contributed by atoms with Gasteiger partial charge in [0.15, 0.2) is 0 Å². The van der Waals surface area contributed by atoms with Crippen LogP contribution in [0.2, 0.25) is 5.02 Å². The van der Waals surface area contributed by atoms with Crippen molar-refractivity contribution in [2.75, 3.05) is 16.8 Å². The van der Waals surface area contributed by atoms with E-state index in [1.807, 2.05) is 0 Å². The second-order valence-corrected chi connectivity index (χ2v) is 7.85. The molecular formula is C21H19ClFN3O4. The molecule has 2 aliphatic heterocycles. The van der Waals surface area contributed by atoms with Crippen LogP contribution >= 0.6 is 11.6 Å². The summed E-state index contributed by atoms with van der Waals surface area (Å²) in [6.45, 7) is 0.0874. The largest absolute Gasteiger partial charge is 0.372 e. The standard InChI is InChI=1S/C21H19ClFN3O4/c22-14-7-12(8-15(23)10-14)11-24-19(28)21(30)5-6-26(20(21)29)16-2-3-17-13(9-16)1-4-18(27)25-17/h2-3,7-10,30H,1,4-6,11H2,(H,24,28)(H,25,27)/t21-/m0/s1. The van der Waals surface area contributed by atoms with Gasteiger partial charge in [-0.15, -0.1) is 0 Å². The zero-order valence-corrected chi connectivity index (χ0v) is 16.6. The third kappa shape index (κ3) is 3.76. The molecule has 4 rings (SSSR count). The van der Waals surface area contributed by atoms with Gasteiger partial charge in [-0.25, -0.2) is 4.39 Å². The zero-order valence-electron chi connectivity index (χ0n) is 15.9. The van der Waals surface area contributed by atoms with Gasteiger partial charge < -0.3 is 20.6 Å². The Balaban J connectivity index is 1.47. The first-order chi connectivity index (χ1) is 14.3. The molecule has 0 aromatic heterocycles. The summed E-state index contributed by atoms with van der Waals surface area (Å²) < 4.78 is 13.4. The van der Waals surface area contributed by atoms with Crippen LogP contribution in [-0.4, -0.2) is 35.0 Å². The number of hydrogen-bond acceptors (Lipinski definition) is 4. The number of halogens is 2. The minimum absolute atomic E-state index is 0.0573. The monoisotopic (exact) mass is 431 g/mol. The Labute approximate surface area is 176 Å². The minimum Gasteiger partial charge on any atom is -0.372 e. The lowest BCUT2D eigenvalue weighted by Crippen LogP contribution is -2.52. The molecule has 1 saturated heterocycles. The first-order valence-electron chi connectivity index (χ1n) is 9.47. The van der Waals surface area contributed by atoms with Gasteiger partial charge in [0, 0.05) is 42.3 Å². The van der Waals surface area contributed by atoms with Gasteiger partial charge in [-0.2, -0.15) is 0 Å². The van der Waals surface area contributed by atoms with E-state index in [1.54, 1.807) is 18.2 Å². The predicted octanol–water partition coefficient (Wildman–Crippen LogP) is 2.15. The van der Waals surface area contributed by atoms with Gasteiger partial charge >= 0.3 is 0 Å². The average Bonchev–Trinajstić information content (AvgIpc) is 3.01. The second kappa shape index (κ2) is 7.70. The highest BCUT2D eigenvalue weighted by molar-refractivity contribution is 6.30. The first kappa shape index (κ1) is 20.3. The van der Waals surface area contributed by atoms with Crippen molar-refractivity contribution < 1.29 is 23.9 Å². The lowest BCUT2D eigenvalue weighted by Gasteiger charge is -2.24. The molecule has 9 heteroatoms. The van der Waals surface area contributed by atoms with E-state index >= 15 is 0 Å². The summed E-state index contributed by atoms with van der Waals surface area (Å²) in [5.74, 6) is -2.17. The topological polar surface area (TPSA) is 98.7 Å². The van der Waals surface area contributed by atoms with E-state index in [-0.39, 0.29) is 30.4 Å². The van der Waals surface area contributed by atoms with E-state index in [4.69, 9.17) is 11.6 Å². The summed E-state index contributed by atoms with van der Waals surface area (Å²) >= 11 is 5.80. The van der Waals surface area contributed by atoms with Crippen LogP contribution in [0.3, 0.4) is 0 Å². The predicted molar refractivity (Wildman–Crippen MR) is 109 cm³/mol. The van der Waals surface area contributed by atoms with Crippen molar-refractivity contribution in [2.45, 2.75) is 31.4 Å². The maximum atomic E-state index is 13.4. The molecule has 156 valence electrons. The van der Waals surface area contributed by atoms with Crippen LogP contribution in [0.15, 0.2) is 36.4 Å². The molecule has 0 unspecified atom stereocenters. The fraction of sp³-hybridized carbons (Fsp3) is 0.286. The maximum Gasteiger partial charge on any atom is 0.268 e. The molecule has 2 aromatic carbocycles. The van der Waals surface area contributed by atoms with E-state index in [2.05, 4.69) is 10.6 Å². The lowest BCUT2D eigenvalue weighted by atomic mass is 10.0. The van der Waals surface area contributed by atoms with Crippen LogP contribution < -0.4 is 15.5 Å². The Kier molecular flexibility index (Phi) is 5.21. The molecule has 0 radical (unpaired) electrons. The summed E-state index contributed by atoms with van der Waals surface area (Å²) in [4.78, 5) is 38.3. The Hall–Kier alpha value is -2.97. The molecule has 3 N–H and O–H groups in total. The summed E-state index contributed by atoms with van der Waals surface area (Å²) in [6, 6.07) is 9.00. The Morgan fingerprint density at radius 2 is 2.03 bits per heavy atom. The fourth-order valence-corrected chi connectivity index (χ4v) is 3.99. The summed E-state index contributed by atoms with van der Waals surface area (Å²) in [5, 5.41) is 16.2. The van der Waals surface area contributed by atoms with Gasteiger partial charge in [0.25, 0.3) is 11.8 Å². The van der Waals surface area contributed by atoms with Crippen LogP contribution in [0.25, 0.3) is 0 Å². The molecule has 2 aliphatic rings. The molecule has 0 spiro atoms. The Morgan fingerprint density at radius 3 is 2.80 bits per heavy atom. The van der Waals surface area contributed by atoms with Gasteiger partial charge in [0.1, 0.15) is 5.82 Å². The van der Waals surface area contributed by atoms with Gasteiger partial charge in [-0.1, -0.05) is 11.6 Å². The number of amides is 3. The molecule has 2 heterocycles. The molecule has 0 saturated carbocycles. The lowest BCUT2D eigenvalue weighted by molar-refractivity contribution is -0.149. The van der Waals surface area contributed by atoms with E-state index in [9.17, 15) is 23.9 Å². The second-order valence-electron chi connectivity index (χ2n) is 7.42. The van der Waals surface area contributed by atoms with Crippen molar-refractivity contribution in [1.82, 2.24) is 5.32 Å². The number of nitrogens with zero attached hydrogens (tertiary/aromatic N) is 1. The van der Waals surface area contributed by atoms with Gasteiger partial charge in [-0.05, 0) is 53.9 Å². The highest BCUT2D eigenvalue weighted by Crippen LogP contribution is 2.33. The third-order valence-corrected chi connectivity index (χ3v) is 5.56. The van der Waals surface area contributed by atoms with Crippen molar-refractivity contribution >= 4 is 40.7 Å². The van der Waals surface area contributed by atoms with Crippen molar-refractivity contribution in [3.63, 3.8) is 0 Å². The highest BCUT2D eigenvalue weighted by atomic mass is 35.5. The summed E-state index contributed by atoms with van der Waals surface area (Å²) in [6.07, 6.45) is 0.841. The van der Waals surface area contributed by atoms with Crippen molar-refractivity contribution in [3.05, 3.63) is 58.4 Å². The van der Waals surface area contributed by atoms with Crippen LogP contribution in [0.5, 0.6) is 0 Å². The smallest absolute Gasteiger partial charge is 0.268 e. The summed E-state index contributed by atoms with van der Waals surface area (Å²) in [5.41, 5.74) is 0.346. The molecule has 0 bridgehead atoms. The number of nitrogens with one attached hydrogen (secondary N) is 2. The molecule has 30 heavy (non-hydrogen) atoms. The van der Waals surface area contributed by atoms with E-state index in [0.29, 0.717) is 29.8 Å². The van der Waals surface area contributed by atoms with Crippen LogP contribution in [0, 0.1) is 5.82 Å². The number of aliphatic hydroxyl groups is 1. The van der Waals surface area contributed by atoms with E-state index in [0.717, 1.165) is 11.6 Å². The number of hydrogen-bond donors (Lipinski definition) is 3. The number of fused-ring (bicyclic) bond motifs is 1. The molecule has 1 fully saturated rings. The Morgan fingerprint density at radius 1 is 1.23 bits per heavy atom. The van der Waals surface area contributed by atoms with Crippen molar-refractivity contribution in [2.24, 2.45) is 0 Å². The van der Waals surface area contributed by atoms with E-state index < -0.39 is 23.2 Å². The van der Waals surface area contributed by atoms with Crippen LogP contribution in [0.4, 0.5) is 15.8 Å². The molecule has 0 aliphatic carbocycles. The quantitative estimate of drug-likeness (QED) is 0.646. The zero-order chi connectivity index (χ0) is 21.5. The normalized spacial score (nSPS) is 20.7. The number of aryl methyl sites for hydroxylation is 1. The van der Waals surface area contributed by atoms with Gasteiger partial charge in [-0.3, -0.25) is 14.4 Å².